The van der Waals surface area contributed by atoms with Crippen molar-refractivity contribution < 1.29 is 9.53 Å². The van der Waals surface area contributed by atoms with Crippen molar-refractivity contribution in [2.75, 3.05) is 5.75 Å². The molecular formula is C9H17NO2S. The SMILES string of the molecule is CC1N[C@@H](C(=O)OC(C)(C)C)CS1. The van der Waals surface area contributed by atoms with Gasteiger partial charge in [-0.25, -0.2) is 0 Å². The molecule has 0 bridgehead atoms. The van der Waals surface area contributed by atoms with Crippen LogP contribution >= 0.6 is 11.8 Å². The number of carbonyl (C=O) groups excluding carboxylic acids is 1. The number of ether oxygens (including phenoxy) is 1. The van der Waals surface area contributed by atoms with Gasteiger partial charge in [-0.1, -0.05) is 0 Å². The highest BCUT2D eigenvalue weighted by molar-refractivity contribution is 8.00. The van der Waals surface area contributed by atoms with Crippen molar-refractivity contribution in [2.45, 2.75) is 44.7 Å². The van der Waals surface area contributed by atoms with E-state index in [2.05, 4.69) is 12.2 Å². The minimum atomic E-state index is -0.380. The Kier molecular flexibility index (Phi) is 3.24. The first-order valence-electron chi connectivity index (χ1n) is 4.49. The van der Waals surface area contributed by atoms with Crippen LogP contribution in [0.5, 0.6) is 0 Å². The Morgan fingerprint density at radius 1 is 1.54 bits per heavy atom. The van der Waals surface area contributed by atoms with Crippen LogP contribution in [0.15, 0.2) is 0 Å². The van der Waals surface area contributed by atoms with Crippen molar-refractivity contribution in [1.82, 2.24) is 5.32 Å². The van der Waals surface area contributed by atoms with Crippen molar-refractivity contribution in [3.8, 4) is 0 Å². The maximum absolute atomic E-state index is 11.5. The highest BCUT2D eigenvalue weighted by Gasteiger charge is 2.30. The molecule has 0 amide bonds. The van der Waals surface area contributed by atoms with Gasteiger partial charge in [-0.05, 0) is 27.7 Å². The molecule has 0 saturated carbocycles. The third kappa shape index (κ3) is 3.56. The molecule has 1 aliphatic heterocycles. The van der Waals surface area contributed by atoms with Gasteiger partial charge in [0.05, 0.1) is 5.37 Å². The summed E-state index contributed by atoms with van der Waals surface area (Å²) in [6.45, 7) is 7.71. The normalized spacial score (nSPS) is 28.9. The van der Waals surface area contributed by atoms with Crippen LogP contribution in [0.4, 0.5) is 0 Å². The average Bonchev–Trinajstić information content (AvgIpc) is 2.31. The van der Waals surface area contributed by atoms with E-state index in [4.69, 9.17) is 4.74 Å². The Bertz CT molecular complexity index is 200. The van der Waals surface area contributed by atoms with Gasteiger partial charge in [-0.15, -0.1) is 11.8 Å². The monoisotopic (exact) mass is 203 g/mol. The van der Waals surface area contributed by atoms with E-state index < -0.39 is 0 Å². The minimum Gasteiger partial charge on any atom is -0.459 e. The van der Waals surface area contributed by atoms with E-state index in [1.165, 1.54) is 0 Å². The summed E-state index contributed by atoms with van der Waals surface area (Å²) < 4.78 is 5.26. The Balaban J connectivity index is 2.41. The van der Waals surface area contributed by atoms with Crippen molar-refractivity contribution in [3.05, 3.63) is 0 Å². The van der Waals surface area contributed by atoms with Crippen molar-refractivity contribution in [1.29, 1.82) is 0 Å². The summed E-state index contributed by atoms with van der Waals surface area (Å²) in [5.74, 6) is 0.681. The number of esters is 1. The first-order chi connectivity index (χ1) is 5.88. The fourth-order valence-corrected chi connectivity index (χ4v) is 2.10. The molecule has 1 N–H and O–H groups in total. The summed E-state index contributed by atoms with van der Waals surface area (Å²) in [6.07, 6.45) is 0. The van der Waals surface area contributed by atoms with Crippen LogP contribution in [0, 0.1) is 0 Å². The van der Waals surface area contributed by atoms with Crippen LogP contribution in [-0.2, 0) is 9.53 Å². The second-order valence-electron chi connectivity index (χ2n) is 4.23. The Labute approximate surface area is 83.6 Å². The molecule has 1 fully saturated rings. The molecular weight excluding hydrogens is 186 g/mol. The number of thioether (sulfide) groups is 1. The molecule has 1 aliphatic rings. The zero-order valence-electron chi connectivity index (χ0n) is 8.59. The molecule has 1 saturated heterocycles. The van der Waals surface area contributed by atoms with Crippen molar-refractivity contribution >= 4 is 17.7 Å². The molecule has 0 aromatic carbocycles. The predicted molar refractivity (Wildman–Crippen MR) is 54.7 cm³/mol. The quantitative estimate of drug-likeness (QED) is 0.653. The largest absolute Gasteiger partial charge is 0.459 e. The molecule has 2 atom stereocenters. The lowest BCUT2D eigenvalue weighted by molar-refractivity contribution is -0.156. The van der Waals surface area contributed by atoms with Crippen LogP contribution in [-0.4, -0.2) is 28.7 Å². The first-order valence-corrected chi connectivity index (χ1v) is 5.54. The lowest BCUT2D eigenvalue weighted by Crippen LogP contribution is -2.40. The molecule has 76 valence electrons. The van der Waals surface area contributed by atoms with Crippen LogP contribution in [0.3, 0.4) is 0 Å². The van der Waals surface area contributed by atoms with E-state index in [0.29, 0.717) is 5.37 Å². The molecule has 13 heavy (non-hydrogen) atoms. The zero-order chi connectivity index (χ0) is 10.1. The maximum atomic E-state index is 11.5. The van der Waals surface area contributed by atoms with Crippen molar-refractivity contribution in [3.63, 3.8) is 0 Å². The van der Waals surface area contributed by atoms with Gasteiger partial charge in [-0.2, -0.15) is 0 Å². The highest BCUT2D eigenvalue weighted by atomic mass is 32.2. The number of rotatable bonds is 1. The molecule has 1 unspecified atom stereocenters. The van der Waals surface area contributed by atoms with Gasteiger partial charge >= 0.3 is 5.97 Å². The number of hydrogen-bond acceptors (Lipinski definition) is 4. The van der Waals surface area contributed by atoms with Crippen LogP contribution in [0.25, 0.3) is 0 Å². The lowest BCUT2D eigenvalue weighted by atomic mass is 10.2. The topological polar surface area (TPSA) is 38.3 Å². The van der Waals surface area contributed by atoms with E-state index >= 15 is 0 Å². The molecule has 0 aliphatic carbocycles. The third-order valence-electron chi connectivity index (χ3n) is 1.64. The zero-order valence-corrected chi connectivity index (χ0v) is 9.40. The van der Waals surface area contributed by atoms with E-state index in [0.717, 1.165) is 5.75 Å². The standard InChI is InChI=1S/C9H17NO2S/c1-6-10-7(5-13-6)8(11)12-9(2,3)4/h6-7,10H,5H2,1-4H3/t6?,7-/m1/s1. The highest BCUT2D eigenvalue weighted by Crippen LogP contribution is 2.20. The van der Waals surface area contributed by atoms with Crippen LogP contribution in [0.2, 0.25) is 0 Å². The molecule has 1 heterocycles. The number of nitrogens with one attached hydrogen (secondary N) is 1. The summed E-state index contributed by atoms with van der Waals surface area (Å²) in [5, 5.41) is 3.52. The molecule has 0 aromatic rings. The van der Waals surface area contributed by atoms with Gasteiger partial charge in [0, 0.05) is 5.75 Å². The van der Waals surface area contributed by atoms with Crippen molar-refractivity contribution in [2.24, 2.45) is 0 Å². The smallest absolute Gasteiger partial charge is 0.324 e. The number of hydrogen-bond donors (Lipinski definition) is 1. The molecule has 3 nitrogen and oxygen atoms in total. The van der Waals surface area contributed by atoms with E-state index in [1.807, 2.05) is 20.8 Å². The lowest BCUT2D eigenvalue weighted by Gasteiger charge is -2.21. The molecule has 4 heteroatoms. The van der Waals surface area contributed by atoms with Gasteiger partial charge in [0.1, 0.15) is 11.6 Å². The second kappa shape index (κ2) is 3.88. The van der Waals surface area contributed by atoms with Gasteiger partial charge < -0.3 is 4.74 Å². The maximum Gasteiger partial charge on any atom is 0.324 e. The fourth-order valence-electron chi connectivity index (χ4n) is 1.13. The summed E-state index contributed by atoms with van der Waals surface area (Å²) in [5.41, 5.74) is -0.380. The number of carbonyl (C=O) groups is 1. The molecule has 0 radical (unpaired) electrons. The summed E-state index contributed by atoms with van der Waals surface area (Å²) >= 11 is 1.75. The average molecular weight is 203 g/mol. The van der Waals surface area contributed by atoms with Gasteiger partial charge in [0.25, 0.3) is 0 Å². The first kappa shape index (κ1) is 10.9. The van der Waals surface area contributed by atoms with Crippen LogP contribution in [0.1, 0.15) is 27.7 Å². The van der Waals surface area contributed by atoms with E-state index in [-0.39, 0.29) is 17.6 Å². The Hall–Kier alpha value is -0.220. The minimum absolute atomic E-state index is 0.126. The van der Waals surface area contributed by atoms with E-state index in [9.17, 15) is 4.79 Å². The van der Waals surface area contributed by atoms with Gasteiger partial charge in [-0.3, -0.25) is 10.1 Å². The summed E-state index contributed by atoms with van der Waals surface area (Å²) in [6, 6.07) is -0.126. The van der Waals surface area contributed by atoms with Gasteiger partial charge in [0.2, 0.25) is 0 Å². The third-order valence-corrected chi connectivity index (χ3v) is 2.80. The summed E-state index contributed by atoms with van der Waals surface area (Å²) in [4.78, 5) is 11.5. The molecule has 0 aromatic heterocycles. The Morgan fingerprint density at radius 3 is 2.54 bits per heavy atom. The van der Waals surface area contributed by atoms with Crippen LogP contribution < -0.4 is 5.32 Å². The van der Waals surface area contributed by atoms with E-state index in [1.54, 1.807) is 11.8 Å². The molecule has 0 spiro atoms. The predicted octanol–water partition coefficient (Wildman–Crippen LogP) is 1.38. The molecule has 1 rings (SSSR count). The second-order valence-corrected chi connectivity index (χ2v) is 5.60. The fraction of sp³-hybridized carbons (Fsp3) is 0.889. The Morgan fingerprint density at radius 2 is 2.15 bits per heavy atom. The summed E-state index contributed by atoms with van der Waals surface area (Å²) in [7, 11) is 0. The van der Waals surface area contributed by atoms with Gasteiger partial charge in [0.15, 0.2) is 0 Å².